The number of piperidine rings is 1. The zero-order valence-electron chi connectivity index (χ0n) is 18.0. The molecule has 0 saturated carbocycles. The van der Waals surface area contributed by atoms with Crippen LogP contribution in [0.4, 0.5) is 0 Å². The molecule has 0 unspecified atom stereocenters. The smallest absolute Gasteiger partial charge is 0.220 e. The Labute approximate surface area is 173 Å². The van der Waals surface area contributed by atoms with E-state index in [1.54, 1.807) is 7.11 Å². The van der Waals surface area contributed by atoms with Gasteiger partial charge in [0.15, 0.2) is 0 Å². The second-order valence-electron chi connectivity index (χ2n) is 8.94. The molecule has 1 aromatic heterocycles. The highest BCUT2D eigenvalue weighted by atomic mass is 16.5. The monoisotopic (exact) mass is 399 g/mol. The maximum absolute atomic E-state index is 12.6. The summed E-state index contributed by atoms with van der Waals surface area (Å²) in [6, 6.07) is 9.83. The van der Waals surface area contributed by atoms with Gasteiger partial charge in [0.05, 0.1) is 12.8 Å². The number of nitrogens with zero attached hydrogens (tertiary/aromatic N) is 1. The number of benzene rings is 1. The van der Waals surface area contributed by atoms with Gasteiger partial charge < -0.3 is 19.9 Å². The predicted molar refractivity (Wildman–Crippen MR) is 113 cm³/mol. The number of para-hydroxylation sites is 1. The summed E-state index contributed by atoms with van der Waals surface area (Å²) in [5, 5.41) is 10.8. The van der Waals surface area contributed by atoms with E-state index in [1.165, 1.54) is 0 Å². The first kappa shape index (κ1) is 21.4. The zero-order valence-corrected chi connectivity index (χ0v) is 18.0. The highest BCUT2D eigenvalue weighted by Crippen LogP contribution is 2.28. The first-order valence-corrected chi connectivity index (χ1v) is 10.4. The van der Waals surface area contributed by atoms with Crippen molar-refractivity contribution in [1.29, 1.82) is 0 Å². The van der Waals surface area contributed by atoms with Crippen LogP contribution in [0.5, 0.6) is 5.75 Å². The Morgan fingerprint density at radius 3 is 2.83 bits per heavy atom. The number of methoxy groups -OCH3 is 1. The van der Waals surface area contributed by atoms with Crippen LogP contribution < -0.4 is 15.4 Å². The largest absolute Gasteiger partial charge is 0.496 e. The second kappa shape index (κ2) is 9.44. The molecular formula is C23H33N3O3. The van der Waals surface area contributed by atoms with Crippen molar-refractivity contribution in [2.45, 2.75) is 52.0 Å². The molecule has 3 rings (SSSR count). The average Bonchev–Trinajstić information content (AvgIpc) is 3.17. The van der Waals surface area contributed by atoms with Crippen molar-refractivity contribution in [2.75, 3.05) is 20.2 Å². The van der Waals surface area contributed by atoms with Crippen LogP contribution >= 0.6 is 0 Å². The lowest BCUT2D eigenvalue weighted by molar-refractivity contribution is -0.122. The normalized spacial score (nSPS) is 19.7. The fraction of sp³-hybridized carbons (Fsp3) is 0.565. The van der Waals surface area contributed by atoms with Gasteiger partial charge in [-0.2, -0.15) is 0 Å². The minimum Gasteiger partial charge on any atom is -0.496 e. The van der Waals surface area contributed by atoms with Gasteiger partial charge in [-0.25, -0.2) is 0 Å². The molecule has 1 saturated heterocycles. The Kier molecular flexibility index (Phi) is 6.96. The van der Waals surface area contributed by atoms with Crippen LogP contribution in [0.15, 0.2) is 34.9 Å². The van der Waals surface area contributed by atoms with Gasteiger partial charge in [0, 0.05) is 30.0 Å². The van der Waals surface area contributed by atoms with Crippen LogP contribution in [0.1, 0.15) is 50.6 Å². The molecule has 0 aliphatic carbocycles. The third-order valence-electron chi connectivity index (χ3n) is 5.65. The Hall–Kier alpha value is -2.34. The molecule has 1 fully saturated rings. The third kappa shape index (κ3) is 5.82. The molecule has 1 amide bonds. The minimum atomic E-state index is -0.0478. The fourth-order valence-corrected chi connectivity index (χ4v) is 3.87. The summed E-state index contributed by atoms with van der Waals surface area (Å²) < 4.78 is 10.9. The fourth-order valence-electron chi connectivity index (χ4n) is 3.87. The topological polar surface area (TPSA) is 76.4 Å². The third-order valence-corrected chi connectivity index (χ3v) is 5.65. The SMILES string of the molecule is COc1ccccc1CNC(=O)C[C@@H]1CCNC[C@@H]1Cc1cc(C(C)(C)C)on1. The lowest BCUT2D eigenvalue weighted by atomic mass is 9.81. The van der Waals surface area contributed by atoms with E-state index in [0.717, 1.165) is 48.7 Å². The molecule has 6 nitrogen and oxygen atoms in total. The molecule has 0 radical (unpaired) electrons. The molecule has 2 aromatic rings. The highest BCUT2D eigenvalue weighted by Gasteiger charge is 2.29. The van der Waals surface area contributed by atoms with E-state index in [9.17, 15) is 4.79 Å². The van der Waals surface area contributed by atoms with Crippen LogP contribution in [0, 0.1) is 11.8 Å². The van der Waals surface area contributed by atoms with Gasteiger partial charge >= 0.3 is 0 Å². The van der Waals surface area contributed by atoms with Crippen LogP contribution in [0.25, 0.3) is 0 Å². The van der Waals surface area contributed by atoms with Crippen LogP contribution in [-0.4, -0.2) is 31.3 Å². The molecule has 1 aromatic carbocycles. The van der Waals surface area contributed by atoms with Gasteiger partial charge in [0.25, 0.3) is 0 Å². The van der Waals surface area contributed by atoms with Gasteiger partial charge in [-0.3, -0.25) is 4.79 Å². The summed E-state index contributed by atoms with van der Waals surface area (Å²) >= 11 is 0. The molecule has 0 spiro atoms. The van der Waals surface area contributed by atoms with Gasteiger partial charge in [-0.15, -0.1) is 0 Å². The van der Waals surface area contributed by atoms with Gasteiger partial charge in [-0.05, 0) is 43.8 Å². The summed E-state index contributed by atoms with van der Waals surface area (Å²) in [5.74, 6) is 2.50. The van der Waals surface area contributed by atoms with E-state index in [1.807, 2.05) is 24.3 Å². The lowest BCUT2D eigenvalue weighted by Gasteiger charge is -2.31. The van der Waals surface area contributed by atoms with Gasteiger partial charge in [0.2, 0.25) is 5.91 Å². The maximum atomic E-state index is 12.6. The molecule has 29 heavy (non-hydrogen) atoms. The summed E-state index contributed by atoms with van der Waals surface area (Å²) in [4.78, 5) is 12.6. The summed E-state index contributed by atoms with van der Waals surface area (Å²) in [5.41, 5.74) is 1.92. The van der Waals surface area contributed by atoms with E-state index in [0.29, 0.717) is 24.8 Å². The Morgan fingerprint density at radius 1 is 1.31 bits per heavy atom. The van der Waals surface area contributed by atoms with E-state index < -0.39 is 0 Å². The summed E-state index contributed by atoms with van der Waals surface area (Å²) in [6.07, 6.45) is 2.36. The molecule has 2 N–H and O–H groups in total. The number of nitrogens with one attached hydrogen (secondary N) is 2. The van der Waals surface area contributed by atoms with E-state index in [-0.39, 0.29) is 11.3 Å². The quantitative estimate of drug-likeness (QED) is 0.746. The molecular weight excluding hydrogens is 366 g/mol. The van der Waals surface area contributed by atoms with E-state index in [2.05, 4.69) is 42.6 Å². The van der Waals surface area contributed by atoms with Crippen molar-refractivity contribution in [2.24, 2.45) is 11.8 Å². The number of amides is 1. The van der Waals surface area contributed by atoms with Crippen molar-refractivity contribution < 1.29 is 14.1 Å². The number of aromatic nitrogens is 1. The zero-order chi connectivity index (χ0) is 20.9. The van der Waals surface area contributed by atoms with E-state index >= 15 is 0 Å². The number of hydrogen-bond donors (Lipinski definition) is 2. The van der Waals surface area contributed by atoms with Crippen molar-refractivity contribution in [3.05, 3.63) is 47.3 Å². The van der Waals surface area contributed by atoms with Crippen LogP contribution in [-0.2, 0) is 23.2 Å². The maximum Gasteiger partial charge on any atom is 0.220 e. The first-order chi connectivity index (χ1) is 13.9. The number of hydrogen-bond acceptors (Lipinski definition) is 5. The van der Waals surface area contributed by atoms with Crippen LogP contribution in [0.2, 0.25) is 0 Å². The van der Waals surface area contributed by atoms with Crippen LogP contribution in [0.3, 0.4) is 0 Å². The van der Waals surface area contributed by atoms with Crippen molar-refractivity contribution in [3.63, 3.8) is 0 Å². The highest BCUT2D eigenvalue weighted by molar-refractivity contribution is 5.76. The minimum absolute atomic E-state index is 0.0478. The molecule has 158 valence electrons. The molecule has 1 aliphatic heterocycles. The molecule has 2 atom stereocenters. The number of carbonyl (C=O) groups is 1. The number of ether oxygens (including phenoxy) is 1. The average molecular weight is 400 g/mol. The standard InChI is InChI=1S/C23H33N3O3/c1-23(2,3)21-13-19(26-29-21)11-18-14-24-10-9-16(18)12-22(27)25-15-17-7-5-6-8-20(17)28-4/h5-8,13,16,18,24H,9-12,14-15H2,1-4H3,(H,25,27)/t16-,18-/m0/s1. The Morgan fingerprint density at radius 2 is 2.10 bits per heavy atom. The van der Waals surface area contributed by atoms with E-state index in [4.69, 9.17) is 9.26 Å². The van der Waals surface area contributed by atoms with Gasteiger partial charge in [-0.1, -0.05) is 44.1 Å². The number of rotatable bonds is 7. The lowest BCUT2D eigenvalue weighted by Crippen LogP contribution is -2.40. The molecule has 1 aliphatic rings. The van der Waals surface area contributed by atoms with Crippen molar-refractivity contribution in [3.8, 4) is 5.75 Å². The second-order valence-corrected chi connectivity index (χ2v) is 8.94. The Bertz CT molecular complexity index is 810. The molecule has 0 bridgehead atoms. The van der Waals surface area contributed by atoms with Gasteiger partial charge in [0.1, 0.15) is 11.5 Å². The Balaban J connectivity index is 1.56. The first-order valence-electron chi connectivity index (χ1n) is 10.4. The summed E-state index contributed by atoms with van der Waals surface area (Å²) in [7, 11) is 1.65. The number of carbonyl (C=O) groups excluding carboxylic acids is 1. The predicted octanol–water partition coefficient (Wildman–Crippen LogP) is 3.46. The molecule has 2 heterocycles. The van der Waals surface area contributed by atoms with Crippen molar-refractivity contribution >= 4 is 5.91 Å². The molecule has 6 heteroatoms. The van der Waals surface area contributed by atoms with Crippen molar-refractivity contribution in [1.82, 2.24) is 15.8 Å². The summed E-state index contributed by atoms with van der Waals surface area (Å²) in [6.45, 7) is 8.70.